The third-order valence-corrected chi connectivity index (χ3v) is 4.07. The quantitative estimate of drug-likeness (QED) is 0.850. The normalized spacial score (nSPS) is 18.2. The van der Waals surface area contributed by atoms with E-state index in [0.29, 0.717) is 0 Å². The Labute approximate surface area is 96.1 Å². The Hall–Kier alpha value is -0.410. The second-order valence-electron chi connectivity index (χ2n) is 4.42. The summed E-state index contributed by atoms with van der Waals surface area (Å²) in [6.45, 7) is 3.16. The summed E-state index contributed by atoms with van der Waals surface area (Å²) in [5.41, 5.74) is 1.16. The molecule has 0 atom stereocenters. The minimum atomic E-state index is 0.778. The molecule has 1 saturated carbocycles. The van der Waals surface area contributed by atoms with Crippen LogP contribution in [0.15, 0.2) is 5.38 Å². The molecule has 84 valence electrons. The molecule has 0 saturated heterocycles. The van der Waals surface area contributed by atoms with Crippen molar-refractivity contribution in [3.05, 3.63) is 16.1 Å². The van der Waals surface area contributed by atoms with Crippen LogP contribution in [0.5, 0.6) is 0 Å². The van der Waals surface area contributed by atoms with Gasteiger partial charge in [-0.05, 0) is 19.8 Å². The van der Waals surface area contributed by atoms with Crippen LogP contribution in [0, 0.1) is 6.92 Å². The minimum Gasteiger partial charge on any atom is -0.314 e. The van der Waals surface area contributed by atoms with Crippen molar-refractivity contribution >= 4 is 11.3 Å². The predicted octanol–water partition coefficient (Wildman–Crippen LogP) is 2.92. The lowest BCUT2D eigenvalue weighted by Gasteiger charge is -2.22. The van der Waals surface area contributed by atoms with Crippen LogP contribution in [-0.4, -0.2) is 17.6 Å². The molecule has 15 heavy (non-hydrogen) atoms. The molecule has 0 amide bonds. The fourth-order valence-electron chi connectivity index (χ4n) is 2.21. The number of nitrogens with zero attached hydrogens (tertiary/aromatic N) is 1. The van der Waals surface area contributed by atoms with E-state index in [2.05, 4.69) is 22.6 Å². The maximum Gasteiger partial charge on any atom is 0.0940 e. The summed E-state index contributed by atoms with van der Waals surface area (Å²) in [6.07, 6.45) is 8.09. The number of aryl methyl sites for hydroxylation is 1. The molecule has 1 fully saturated rings. The highest BCUT2D eigenvalue weighted by molar-refractivity contribution is 7.09. The van der Waals surface area contributed by atoms with Gasteiger partial charge in [-0.2, -0.15) is 0 Å². The molecule has 1 heterocycles. The first-order chi connectivity index (χ1) is 7.34. The Kier molecular flexibility index (Phi) is 4.15. The molecule has 1 aromatic heterocycles. The number of hydrogen-bond acceptors (Lipinski definition) is 3. The first-order valence-corrected chi connectivity index (χ1v) is 6.87. The number of rotatable bonds is 4. The number of thiazole rings is 1. The van der Waals surface area contributed by atoms with E-state index < -0.39 is 0 Å². The Morgan fingerprint density at radius 2 is 2.20 bits per heavy atom. The molecule has 2 nitrogen and oxygen atoms in total. The number of aromatic nitrogens is 1. The summed E-state index contributed by atoms with van der Waals surface area (Å²) in [6, 6.07) is 0.778. The van der Waals surface area contributed by atoms with Gasteiger partial charge < -0.3 is 5.32 Å². The Balaban J connectivity index is 1.65. The number of hydrogen-bond donors (Lipinski definition) is 1. The maximum absolute atomic E-state index is 4.47. The highest BCUT2D eigenvalue weighted by atomic mass is 32.1. The Bertz CT molecular complexity index is 290. The lowest BCUT2D eigenvalue weighted by Crippen LogP contribution is -2.32. The van der Waals surface area contributed by atoms with E-state index in [1.165, 1.54) is 37.1 Å². The van der Waals surface area contributed by atoms with Crippen molar-refractivity contribution < 1.29 is 0 Å². The molecular weight excluding hydrogens is 204 g/mol. The Morgan fingerprint density at radius 1 is 1.40 bits per heavy atom. The van der Waals surface area contributed by atoms with Crippen molar-refractivity contribution in [2.24, 2.45) is 0 Å². The minimum absolute atomic E-state index is 0.778. The van der Waals surface area contributed by atoms with E-state index in [0.717, 1.165) is 24.7 Å². The molecule has 3 heteroatoms. The van der Waals surface area contributed by atoms with Gasteiger partial charge in [0.2, 0.25) is 0 Å². The average molecular weight is 224 g/mol. The third kappa shape index (κ3) is 3.58. The van der Waals surface area contributed by atoms with Crippen molar-refractivity contribution in [3.63, 3.8) is 0 Å². The standard InChI is InChI=1S/C12H20N2S/c1-10-9-15-12(14-10)7-8-13-11-5-3-2-4-6-11/h9,11,13H,2-8H2,1H3. The van der Waals surface area contributed by atoms with Gasteiger partial charge in [-0.3, -0.25) is 0 Å². The van der Waals surface area contributed by atoms with Crippen molar-refractivity contribution in [1.82, 2.24) is 10.3 Å². The summed E-state index contributed by atoms with van der Waals surface area (Å²) < 4.78 is 0. The largest absolute Gasteiger partial charge is 0.314 e. The summed E-state index contributed by atoms with van der Waals surface area (Å²) in [5, 5.41) is 7.05. The van der Waals surface area contributed by atoms with Gasteiger partial charge in [-0.25, -0.2) is 4.98 Å². The lowest BCUT2D eigenvalue weighted by atomic mass is 9.95. The van der Waals surface area contributed by atoms with Crippen LogP contribution in [0.1, 0.15) is 42.8 Å². The fraction of sp³-hybridized carbons (Fsp3) is 0.750. The van der Waals surface area contributed by atoms with E-state index in [1.54, 1.807) is 11.3 Å². The van der Waals surface area contributed by atoms with Gasteiger partial charge in [-0.1, -0.05) is 19.3 Å². The zero-order chi connectivity index (χ0) is 10.5. The van der Waals surface area contributed by atoms with Gasteiger partial charge in [0, 0.05) is 30.1 Å². The zero-order valence-electron chi connectivity index (χ0n) is 9.46. The topological polar surface area (TPSA) is 24.9 Å². The van der Waals surface area contributed by atoms with E-state index in [4.69, 9.17) is 0 Å². The molecule has 0 radical (unpaired) electrons. The molecule has 1 aliphatic carbocycles. The van der Waals surface area contributed by atoms with Gasteiger partial charge in [0.25, 0.3) is 0 Å². The van der Waals surface area contributed by atoms with Gasteiger partial charge in [0.15, 0.2) is 0 Å². The first kappa shape index (κ1) is 11.1. The second-order valence-corrected chi connectivity index (χ2v) is 5.36. The summed E-state index contributed by atoms with van der Waals surface area (Å²) >= 11 is 1.79. The van der Waals surface area contributed by atoms with Crippen molar-refractivity contribution in [2.45, 2.75) is 51.5 Å². The van der Waals surface area contributed by atoms with Crippen LogP contribution in [0.4, 0.5) is 0 Å². The highest BCUT2D eigenvalue weighted by Gasteiger charge is 2.12. The predicted molar refractivity (Wildman–Crippen MR) is 65.4 cm³/mol. The van der Waals surface area contributed by atoms with E-state index in [-0.39, 0.29) is 0 Å². The molecule has 1 N–H and O–H groups in total. The molecule has 0 aliphatic heterocycles. The van der Waals surface area contributed by atoms with Crippen molar-refractivity contribution in [1.29, 1.82) is 0 Å². The van der Waals surface area contributed by atoms with E-state index in [1.807, 2.05) is 0 Å². The van der Waals surface area contributed by atoms with Gasteiger partial charge >= 0.3 is 0 Å². The molecule has 1 aliphatic rings. The summed E-state index contributed by atoms with van der Waals surface area (Å²) in [7, 11) is 0. The lowest BCUT2D eigenvalue weighted by molar-refractivity contribution is 0.375. The van der Waals surface area contributed by atoms with Crippen LogP contribution in [0.3, 0.4) is 0 Å². The first-order valence-electron chi connectivity index (χ1n) is 5.99. The molecule has 0 bridgehead atoms. The zero-order valence-corrected chi connectivity index (χ0v) is 10.3. The average Bonchev–Trinajstić information content (AvgIpc) is 2.66. The molecule has 0 spiro atoms. The molecular formula is C12H20N2S. The van der Waals surface area contributed by atoms with E-state index in [9.17, 15) is 0 Å². The van der Waals surface area contributed by atoms with Crippen LogP contribution in [0.2, 0.25) is 0 Å². The van der Waals surface area contributed by atoms with Crippen molar-refractivity contribution in [3.8, 4) is 0 Å². The van der Waals surface area contributed by atoms with Gasteiger partial charge in [0.05, 0.1) is 5.01 Å². The molecule has 0 unspecified atom stereocenters. The van der Waals surface area contributed by atoms with Crippen LogP contribution < -0.4 is 5.32 Å². The van der Waals surface area contributed by atoms with Crippen LogP contribution in [0.25, 0.3) is 0 Å². The smallest absolute Gasteiger partial charge is 0.0940 e. The SMILES string of the molecule is Cc1csc(CCNC2CCCCC2)n1. The highest BCUT2D eigenvalue weighted by Crippen LogP contribution is 2.17. The van der Waals surface area contributed by atoms with Crippen LogP contribution >= 0.6 is 11.3 Å². The number of nitrogens with one attached hydrogen (secondary N) is 1. The fourth-order valence-corrected chi connectivity index (χ4v) is 2.98. The van der Waals surface area contributed by atoms with Gasteiger partial charge in [0.1, 0.15) is 0 Å². The third-order valence-electron chi connectivity index (χ3n) is 3.04. The molecule has 0 aromatic carbocycles. The maximum atomic E-state index is 4.47. The van der Waals surface area contributed by atoms with Gasteiger partial charge in [-0.15, -0.1) is 11.3 Å². The summed E-state index contributed by atoms with van der Waals surface area (Å²) in [4.78, 5) is 4.47. The molecule has 1 aromatic rings. The Morgan fingerprint density at radius 3 is 2.87 bits per heavy atom. The monoisotopic (exact) mass is 224 g/mol. The summed E-state index contributed by atoms with van der Waals surface area (Å²) in [5.74, 6) is 0. The van der Waals surface area contributed by atoms with E-state index >= 15 is 0 Å². The van der Waals surface area contributed by atoms with Crippen LogP contribution in [-0.2, 0) is 6.42 Å². The van der Waals surface area contributed by atoms with Crippen molar-refractivity contribution in [2.75, 3.05) is 6.54 Å². The molecule has 2 rings (SSSR count). The second kappa shape index (κ2) is 5.61.